The fourth-order valence-corrected chi connectivity index (χ4v) is 1.68. The minimum Gasteiger partial charge on any atom is -0.326 e. The SMILES string of the molecule is CC(C)(C)CN1CC[C@H](N)C1. The Bertz CT molecular complexity index is 126. The van der Waals surface area contributed by atoms with Crippen molar-refractivity contribution in [3.63, 3.8) is 0 Å². The molecular weight excluding hydrogens is 136 g/mol. The van der Waals surface area contributed by atoms with Gasteiger partial charge in [-0.3, -0.25) is 0 Å². The molecule has 0 radical (unpaired) electrons. The Balaban J connectivity index is 2.29. The van der Waals surface area contributed by atoms with E-state index in [1.54, 1.807) is 0 Å². The summed E-state index contributed by atoms with van der Waals surface area (Å²) in [5.41, 5.74) is 6.22. The van der Waals surface area contributed by atoms with Crippen LogP contribution in [-0.4, -0.2) is 30.6 Å². The van der Waals surface area contributed by atoms with Gasteiger partial charge in [0.25, 0.3) is 0 Å². The molecule has 0 aromatic carbocycles. The highest BCUT2D eigenvalue weighted by molar-refractivity contribution is 4.80. The third-order valence-corrected chi connectivity index (χ3v) is 2.01. The van der Waals surface area contributed by atoms with Crippen molar-refractivity contribution in [1.29, 1.82) is 0 Å². The molecule has 1 atom stereocenters. The van der Waals surface area contributed by atoms with Crippen LogP contribution in [0.2, 0.25) is 0 Å². The molecule has 0 saturated carbocycles. The summed E-state index contributed by atoms with van der Waals surface area (Å²) in [5, 5.41) is 0. The van der Waals surface area contributed by atoms with Gasteiger partial charge in [-0.1, -0.05) is 20.8 Å². The normalized spacial score (nSPS) is 27.8. The lowest BCUT2D eigenvalue weighted by molar-refractivity contribution is 0.225. The number of hydrogen-bond acceptors (Lipinski definition) is 2. The minimum atomic E-state index is 0.421. The first-order chi connectivity index (χ1) is 4.97. The largest absolute Gasteiger partial charge is 0.326 e. The van der Waals surface area contributed by atoms with E-state index < -0.39 is 0 Å². The Labute approximate surface area is 69.8 Å². The molecule has 2 N–H and O–H groups in total. The molecule has 66 valence electrons. The van der Waals surface area contributed by atoms with Gasteiger partial charge in [0.1, 0.15) is 0 Å². The van der Waals surface area contributed by atoms with E-state index in [1.165, 1.54) is 19.5 Å². The second-order valence-electron chi connectivity index (χ2n) is 4.84. The van der Waals surface area contributed by atoms with Gasteiger partial charge in [0.2, 0.25) is 0 Å². The van der Waals surface area contributed by atoms with Gasteiger partial charge in [-0.15, -0.1) is 0 Å². The standard InChI is InChI=1S/C9H20N2/c1-9(2,3)7-11-5-4-8(10)6-11/h8H,4-7,10H2,1-3H3/t8-/m0/s1. The highest BCUT2D eigenvalue weighted by Gasteiger charge is 2.23. The summed E-state index contributed by atoms with van der Waals surface area (Å²) < 4.78 is 0. The van der Waals surface area contributed by atoms with Gasteiger partial charge in [-0.2, -0.15) is 0 Å². The van der Waals surface area contributed by atoms with E-state index >= 15 is 0 Å². The van der Waals surface area contributed by atoms with E-state index in [-0.39, 0.29) is 0 Å². The number of rotatable bonds is 1. The van der Waals surface area contributed by atoms with Gasteiger partial charge in [0, 0.05) is 19.1 Å². The van der Waals surface area contributed by atoms with Crippen LogP contribution in [-0.2, 0) is 0 Å². The molecular formula is C9H20N2. The maximum absolute atomic E-state index is 5.80. The molecule has 1 aliphatic rings. The molecule has 1 heterocycles. The second-order valence-corrected chi connectivity index (χ2v) is 4.84. The van der Waals surface area contributed by atoms with Crippen LogP contribution in [0.3, 0.4) is 0 Å². The molecule has 1 fully saturated rings. The van der Waals surface area contributed by atoms with Crippen molar-refractivity contribution in [2.75, 3.05) is 19.6 Å². The van der Waals surface area contributed by atoms with Crippen molar-refractivity contribution in [2.45, 2.75) is 33.2 Å². The van der Waals surface area contributed by atoms with E-state index in [1.807, 2.05) is 0 Å². The van der Waals surface area contributed by atoms with Gasteiger partial charge in [-0.25, -0.2) is 0 Å². The summed E-state index contributed by atoms with van der Waals surface area (Å²) in [6.07, 6.45) is 1.18. The predicted molar refractivity (Wildman–Crippen MR) is 48.5 cm³/mol. The van der Waals surface area contributed by atoms with Gasteiger partial charge < -0.3 is 10.6 Å². The van der Waals surface area contributed by atoms with Gasteiger partial charge in [0.15, 0.2) is 0 Å². The van der Waals surface area contributed by atoms with E-state index in [0.717, 1.165) is 6.54 Å². The molecule has 2 nitrogen and oxygen atoms in total. The lowest BCUT2D eigenvalue weighted by atomic mass is 9.96. The van der Waals surface area contributed by atoms with Crippen molar-refractivity contribution in [3.8, 4) is 0 Å². The molecule has 0 unspecified atom stereocenters. The Kier molecular flexibility index (Phi) is 2.55. The Morgan fingerprint density at radius 1 is 1.45 bits per heavy atom. The molecule has 0 spiro atoms. The molecule has 0 bridgehead atoms. The van der Waals surface area contributed by atoms with Gasteiger partial charge in [-0.05, 0) is 18.4 Å². The highest BCUT2D eigenvalue weighted by atomic mass is 15.2. The maximum atomic E-state index is 5.80. The Morgan fingerprint density at radius 2 is 2.09 bits per heavy atom. The summed E-state index contributed by atoms with van der Waals surface area (Å²) in [4.78, 5) is 2.46. The van der Waals surface area contributed by atoms with Crippen LogP contribution in [0.15, 0.2) is 0 Å². The van der Waals surface area contributed by atoms with Crippen molar-refractivity contribution < 1.29 is 0 Å². The summed E-state index contributed by atoms with van der Waals surface area (Å²) in [7, 11) is 0. The summed E-state index contributed by atoms with van der Waals surface area (Å²) in [6, 6.07) is 0.428. The monoisotopic (exact) mass is 156 g/mol. The predicted octanol–water partition coefficient (Wildman–Crippen LogP) is 1.07. The van der Waals surface area contributed by atoms with Crippen molar-refractivity contribution in [3.05, 3.63) is 0 Å². The molecule has 0 aromatic rings. The Morgan fingerprint density at radius 3 is 2.45 bits per heavy atom. The second kappa shape index (κ2) is 3.11. The quantitative estimate of drug-likeness (QED) is 0.615. The Hall–Kier alpha value is -0.0800. The average Bonchev–Trinajstić information content (AvgIpc) is 2.10. The first-order valence-electron chi connectivity index (χ1n) is 4.45. The van der Waals surface area contributed by atoms with E-state index in [2.05, 4.69) is 25.7 Å². The van der Waals surface area contributed by atoms with E-state index in [4.69, 9.17) is 5.73 Å². The smallest absolute Gasteiger partial charge is 0.0180 e. The number of nitrogens with two attached hydrogens (primary N) is 1. The number of likely N-dealkylation sites (tertiary alicyclic amines) is 1. The molecule has 11 heavy (non-hydrogen) atoms. The maximum Gasteiger partial charge on any atom is 0.0180 e. The summed E-state index contributed by atoms with van der Waals surface area (Å²) in [6.45, 7) is 10.3. The number of nitrogens with zero attached hydrogens (tertiary/aromatic N) is 1. The number of hydrogen-bond donors (Lipinski definition) is 1. The van der Waals surface area contributed by atoms with Crippen molar-refractivity contribution in [1.82, 2.24) is 4.90 Å². The lowest BCUT2D eigenvalue weighted by Gasteiger charge is -2.25. The zero-order chi connectivity index (χ0) is 8.48. The van der Waals surface area contributed by atoms with Gasteiger partial charge >= 0.3 is 0 Å². The molecule has 0 aliphatic carbocycles. The van der Waals surface area contributed by atoms with Gasteiger partial charge in [0.05, 0.1) is 0 Å². The van der Waals surface area contributed by atoms with Crippen LogP contribution in [0, 0.1) is 5.41 Å². The molecule has 1 aliphatic heterocycles. The zero-order valence-corrected chi connectivity index (χ0v) is 7.93. The fourth-order valence-electron chi connectivity index (χ4n) is 1.68. The van der Waals surface area contributed by atoms with Crippen molar-refractivity contribution in [2.24, 2.45) is 11.1 Å². The van der Waals surface area contributed by atoms with E-state index in [9.17, 15) is 0 Å². The fraction of sp³-hybridized carbons (Fsp3) is 1.00. The highest BCUT2D eigenvalue weighted by Crippen LogP contribution is 2.18. The molecule has 1 saturated heterocycles. The topological polar surface area (TPSA) is 29.3 Å². The van der Waals surface area contributed by atoms with Crippen LogP contribution in [0.1, 0.15) is 27.2 Å². The first-order valence-corrected chi connectivity index (χ1v) is 4.45. The molecule has 2 heteroatoms. The van der Waals surface area contributed by atoms with Crippen LogP contribution < -0.4 is 5.73 Å². The first kappa shape index (κ1) is 9.01. The third-order valence-electron chi connectivity index (χ3n) is 2.01. The average molecular weight is 156 g/mol. The summed E-state index contributed by atoms with van der Waals surface area (Å²) in [5.74, 6) is 0. The lowest BCUT2D eigenvalue weighted by Crippen LogP contribution is -2.33. The van der Waals surface area contributed by atoms with Crippen molar-refractivity contribution >= 4 is 0 Å². The van der Waals surface area contributed by atoms with E-state index in [0.29, 0.717) is 11.5 Å². The minimum absolute atomic E-state index is 0.421. The zero-order valence-electron chi connectivity index (χ0n) is 7.93. The molecule has 0 aromatic heterocycles. The summed E-state index contributed by atoms with van der Waals surface area (Å²) >= 11 is 0. The van der Waals surface area contributed by atoms with Crippen LogP contribution >= 0.6 is 0 Å². The molecule has 1 rings (SSSR count). The van der Waals surface area contributed by atoms with Crippen LogP contribution in [0.25, 0.3) is 0 Å². The molecule has 0 amide bonds. The third kappa shape index (κ3) is 3.21. The van der Waals surface area contributed by atoms with Crippen LogP contribution in [0.4, 0.5) is 0 Å². The van der Waals surface area contributed by atoms with Crippen LogP contribution in [0.5, 0.6) is 0 Å².